The SMILES string of the molecule is CC(=O)c1cc(I)c(C(F)F)c(C=O)c1. The Morgan fingerprint density at radius 1 is 1.47 bits per heavy atom. The van der Waals surface area contributed by atoms with Crippen LogP contribution in [0.25, 0.3) is 0 Å². The third-order valence-electron chi connectivity index (χ3n) is 1.91. The molecule has 0 saturated heterocycles. The maximum atomic E-state index is 12.6. The van der Waals surface area contributed by atoms with E-state index < -0.39 is 6.43 Å². The normalized spacial score (nSPS) is 10.5. The van der Waals surface area contributed by atoms with Gasteiger partial charge in [0.2, 0.25) is 0 Å². The van der Waals surface area contributed by atoms with Crippen LogP contribution in [0.3, 0.4) is 0 Å². The zero-order chi connectivity index (χ0) is 11.6. The molecule has 0 bridgehead atoms. The molecule has 0 aliphatic carbocycles. The van der Waals surface area contributed by atoms with Crippen molar-refractivity contribution in [2.75, 3.05) is 0 Å². The van der Waals surface area contributed by atoms with Gasteiger partial charge in [-0.15, -0.1) is 0 Å². The predicted octanol–water partition coefficient (Wildman–Crippen LogP) is 3.24. The number of hydrogen-bond acceptors (Lipinski definition) is 2. The zero-order valence-corrected chi connectivity index (χ0v) is 9.92. The van der Waals surface area contributed by atoms with Gasteiger partial charge in [0.15, 0.2) is 12.1 Å². The smallest absolute Gasteiger partial charge is 0.265 e. The Kier molecular flexibility index (Phi) is 3.90. The van der Waals surface area contributed by atoms with E-state index in [0.717, 1.165) is 0 Å². The van der Waals surface area contributed by atoms with Crippen LogP contribution in [-0.4, -0.2) is 12.1 Å². The van der Waals surface area contributed by atoms with Crippen molar-refractivity contribution in [1.29, 1.82) is 0 Å². The van der Waals surface area contributed by atoms with E-state index in [1.165, 1.54) is 19.1 Å². The van der Waals surface area contributed by atoms with E-state index in [2.05, 4.69) is 0 Å². The molecule has 0 aromatic heterocycles. The number of aldehydes is 1. The Balaban J connectivity index is 3.43. The largest absolute Gasteiger partial charge is 0.298 e. The van der Waals surface area contributed by atoms with Crippen molar-refractivity contribution in [3.05, 3.63) is 32.4 Å². The van der Waals surface area contributed by atoms with Crippen molar-refractivity contribution in [3.63, 3.8) is 0 Å². The van der Waals surface area contributed by atoms with Crippen LogP contribution in [0, 0.1) is 3.57 Å². The zero-order valence-electron chi connectivity index (χ0n) is 7.76. The van der Waals surface area contributed by atoms with Crippen molar-refractivity contribution in [1.82, 2.24) is 0 Å². The average molecular weight is 324 g/mol. The third kappa shape index (κ3) is 2.58. The number of ketones is 1. The number of benzene rings is 1. The molecular formula is C10H7F2IO2. The molecule has 80 valence electrons. The maximum absolute atomic E-state index is 12.6. The highest BCUT2D eigenvalue weighted by Gasteiger charge is 2.18. The Morgan fingerprint density at radius 2 is 2.07 bits per heavy atom. The molecule has 0 heterocycles. The first-order valence-electron chi connectivity index (χ1n) is 4.05. The van der Waals surface area contributed by atoms with Crippen LogP contribution in [0.2, 0.25) is 0 Å². The fourth-order valence-corrected chi connectivity index (χ4v) is 2.05. The summed E-state index contributed by atoms with van der Waals surface area (Å²) in [7, 11) is 0. The van der Waals surface area contributed by atoms with Gasteiger partial charge in [0.25, 0.3) is 6.43 Å². The van der Waals surface area contributed by atoms with Gasteiger partial charge in [-0.3, -0.25) is 9.59 Å². The Morgan fingerprint density at radius 3 is 2.47 bits per heavy atom. The summed E-state index contributed by atoms with van der Waals surface area (Å²) in [5.74, 6) is -0.253. The van der Waals surface area contributed by atoms with Crippen molar-refractivity contribution in [3.8, 4) is 0 Å². The van der Waals surface area contributed by atoms with E-state index in [-0.39, 0.29) is 26.0 Å². The lowest BCUT2D eigenvalue weighted by Gasteiger charge is -2.08. The van der Waals surface area contributed by atoms with Gasteiger partial charge in [-0.2, -0.15) is 0 Å². The summed E-state index contributed by atoms with van der Waals surface area (Å²) in [6.07, 6.45) is -2.37. The summed E-state index contributed by atoms with van der Waals surface area (Å²) in [5, 5.41) is 0. The number of rotatable bonds is 3. The second kappa shape index (κ2) is 4.78. The number of halogens is 3. The second-order valence-corrected chi connectivity index (χ2v) is 4.10. The summed E-state index contributed by atoms with van der Waals surface area (Å²) < 4.78 is 25.4. The third-order valence-corrected chi connectivity index (χ3v) is 2.81. The van der Waals surface area contributed by atoms with E-state index >= 15 is 0 Å². The second-order valence-electron chi connectivity index (χ2n) is 2.94. The van der Waals surface area contributed by atoms with E-state index in [0.29, 0.717) is 6.29 Å². The summed E-state index contributed by atoms with van der Waals surface area (Å²) >= 11 is 1.69. The van der Waals surface area contributed by atoms with Crippen LogP contribution >= 0.6 is 22.6 Å². The van der Waals surface area contributed by atoms with E-state index in [1.54, 1.807) is 22.6 Å². The van der Waals surface area contributed by atoms with Crippen LogP contribution in [-0.2, 0) is 0 Å². The molecule has 0 aliphatic rings. The molecular weight excluding hydrogens is 317 g/mol. The number of hydrogen-bond donors (Lipinski definition) is 0. The topological polar surface area (TPSA) is 34.1 Å². The van der Waals surface area contributed by atoms with Crippen LogP contribution in [0.1, 0.15) is 39.6 Å². The maximum Gasteiger partial charge on any atom is 0.265 e. The highest BCUT2D eigenvalue weighted by molar-refractivity contribution is 14.1. The Bertz CT molecular complexity index is 416. The molecule has 2 nitrogen and oxygen atoms in total. The Labute approximate surface area is 98.8 Å². The molecule has 0 unspecified atom stereocenters. The number of carbonyl (C=O) groups excluding carboxylic acids is 2. The van der Waals surface area contributed by atoms with Gasteiger partial charge >= 0.3 is 0 Å². The molecule has 0 saturated carbocycles. The number of carbonyl (C=O) groups is 2. The van der Waals surface area contributed by atoms with Gasteiger partial charge in [0.1, 0.15) is 0 Å². The fraction of sp³-hybridized carbons (Fsp3) is 0.200. The van der Waals surface area contributed by atoms with E-state index in [4.69, 9.17) is 0 Å². The van der Waals surface area contributed by atoms with Gasteiger partial charge < -0.3 is 0 Å². The molecule has 5 heteroatoms. The standard InChI is InChI=1S/C10H7F2IO2/c1-5(15)6-2-7(4-14)9(10(11)12)8(13)3-6/h2-4,10H,1H3. The highest BCUT2D eigenvalue weighted by Crippen LogP contribution is 2.28. The first-order valence-corrected chi connectivity index (χ1v) is 5.13. The van der Waals surface area contributed by atoms with Gasteiger partial charge in [-0.25, -0.2) is 8.78 Å². The number of alkyl halides is 2. The first-order chi connectivity index (χ1) is 6.97. The van der Waals surface area contributed by atoms with E-state index in [9.17, 15) is 18.4 Å². The van der Waals surface area contributed by atoms with Crippen LogP contribution in [0.4, 0.5) is 8.78 Å². The predicted molar refractivity (Wildman–Crippen MR) is 59.5 cm³/mol. The summed E-state index contributed by atoms with van der Waals surface area (Å²) in [5.41, 5.74) is -0.163. The minimum Gasteiger partial charge on any atom is -0.298 e. The lowest BCUT2D eigenvalue weighted by Crippen LogP contribution is -2.02. The quantitative estimate of drug-likeness (QED) is 0.486. The number of Topliss-reactive ketones (excluding diaryl/α,β-unsaturated/α-hetero) is 1. The molecule has 0 N–H and O–H groups in total. The molecule has 15 heavy (non-hydrogen) atoms. The minimum atomic E-state index is -2.71. The van der Waals surface area contributed by atoms with Gasteiger partial charge in [0, 0.05) is 20.3 Å². The Hall–Kier alpha value is -0.850. The van der Waals surface area contributed by atoms with Crippen molar-refractivity contribution >= 4 is 34.7 Å². The molecule has 0 amide bonds. The molecule has 0 atom stereocenters. The molecule has 0 aliphatic heterocycles. The molecule has 0 fully saturated rings. The minimum absolute atomic E-state index is 0.123. The van der Waals surface area contributed by atoms with Crippen LogP contribution in [0.5, 0.6) is 0 Å². The summed E-state index contributed by atoms with van der Waals surface area (Å²) in [6.45, 7) is 1.32. The van der Waals surface area contributed by atoms with Gasteiger partial charge in [-0.1, -0.05) is 0 Å². The molecule has 0 spiro atoms. The summed E-state index contributed by atoms with van der Waals surface area (Å²) in [6, 6.07) is 2.55. The van der Waals surface area contributed by atoms with Crippen LogP contribution < -0.4 is 0 Å². The summed E-state index contributed by atoms with van der Waals surface area (Å²) in [4.78, 5) is 21.7. The van der Waals surface area contributed by atoms with Gasteiger partial charge in [-0.05, 0) is 41.6 Å². The van der Waals surface area contributed by atoms with Crippen molar-refractivity contribution in [2.24, 2.45) is 0 Å². The monoisotopic (exact) mass is 324 g/mol. The first kappa shape index (κ1) is 12.2. The van der Waals surface area contributed by atoms with Crippen LogP contribution in [0.15, 0.2) is 12.1 Å². The van der Waals surface area contributed by atoms with Gasteiger partial charge in [0.05, 0.1) is 0 Å². The molecule has 1 aromatic carbocycles. The molecule has 1 aromatic rings. The van der Waals surface area contributed by atoms with Crippen molar-refractivity contribution < 1.29 is 18.4 Å². The van der Waals surface area contributed by atoms with Crippen molar-refractivity contribution in [2.45, 2.75) is 13.3 Å². The lowest BCUT2D eigenvalue weighted by atomic mass is 10.0. The van der Waals surface area contributed by atoms with E-state index in [1.807, 2.05) is 0 Å². The lowest BCUT2D eigenvalue weighted by molar-refractivity contribution is 0.101. The molecule has 0 radical (unpaired) electrons. The highest BCUT2D eigenvalue weighted by atomic mass is 127. The molecule has 1 rings (SSSR count). The fourth-order valence-electron chi connectivity index (χ4n) is 1.17. The average Bonchev–Trinajstić information content (AvgIpc) is 2.15.